The molecule has 0 fully saturated rings. The van der Waals surface area contributed by atoms with E-state index in [-0.39, 0.29) is 23.4 Å². The van der Waals surface area contributed by atoms with E-state index in [9.17, 15) is 19.8 Å². The molecule has 1 aromatic heterocycles. The normalized spacial score (nSPS) is 12.3. The molecule has 31 heavy (non-hydrogen) atoms. The first kappa shape index (κ1) is 20.0. The molecule has 0 saturated carbocycles. The van der Waals surface area contributed by atoms with Crippen molar-refractivity contribution >= 4 is 22.6 Å². The number of carbonyl (C=O) groups excluding carboxylic acids is 2. The molecule has 4 aromatic rings. The van der Waals surface area contributed by atoms with Gasteiger partial charge in [-0.25, -0.2) is 0 Å². The molecule has 154 valence electrons. The molecule has 0 spiro atoms. The zero-order valence-electron chi connectivity index (χ0n) is 16.6. The van der Waals surface area contributed by atoms with Gasteiger partial charge < -0.3 is 10.2 Å². The van der Waals surface area contributed by atoms with Crippen LogP contribution >= 0.6 is 0 Å². The van der Waals surface area contributed by atoms with Crippen molar-refractivity contribution in [2.75, 3.05) is 0 Å². The molecular weight excluding hydrogens is 394 g/mol. The van der Waals surface area contributed by atoms with Crippen LogP contribution in [0.1, 0.15) is 39.2 Å². The zero-order valence-corrected chi connectivity index (χ0v) is 16.6. The van der Waals surface area contributed by atoms with Gasteiger partial charge in [-0.1, -0.05) is 48.5 Å². The highest BCUT2D eigenvalue weighted by molar-refractivity contribution is 6.03. The van der Waals surface area contributed by atoms with Crippen LogP contribution in [-0.4, -0.2) is 26.6 Å². The summed E-state index contributed by atoms with van der Waals surface area (Å²) in [5, 5.41) is 29.1. The van der Waals surface area contributed by atoms with Crippen LogP contribution in [0.25, 0.3) is 10.8 Å². The maximum Gasteiger partial charge on any atom is 0.295 e. The van der Waals surface area contributed by atoms with Gasteiger partial charge in [0.2, 0.25) is 11.8 Å². The molecule has 0 aliphatic heterocycles. The quantitative estimate of drug-likeness (QED) is 0.454. The molecule has 1 unspecified atom stereocenters. The standard InChI is InChI=1S/C24H19N3O4/c1-15(16-8-4-2-5-9-16)27-23(30)19-13-12-18(14-20(19)24(27)31)22(29)26-25-21(28)17-10-6-3-7-11-17/h2-15,30-31H,1H3. The van der Waals surface area contributed by atoms with E-state index in [1.54, 1.807) is 30.3 Å². The van der Waals surface area contributed by atoms with E-state index in [1.165, 1.54) is 22.8 Å². The predicted molar refractivity (Wildman–Crippen MR) is 115 cm³/mol. The van der Waals surface area contributed by atoms with E-state index in [0.717, 1.165) is 5.56 Å². The van der Waals surface area contributed by atoms with Gasteiger partial charge in [0.1, 0.15) is 0 Å². The van der Waals surface area contributed by atoms with Gasteiger partial charge in [-0.2, -0.15) is 0 Å². The number of carbonyl (C=O) groups is 2. The van der Waals surface area contributed by atoms with Crippen LogP contribution < -0.4 is 0 Å². The van der Waals surface area contributed by atoms with Gasteiger partial charge in [0, 0.05) is 21.9 Å². The van der Waals surface area contributed by atoms with Gasteiger partial charge in [0.15, 0.2) is 0 Å². The van der Waals surface area contributed by atoms with Crippen molar-refractivity contribution in [2.24, 2.45) is 10.2 Å². The van der Waals surface area contributed by atoms with E-state index in [0.29, 0.717) is 16.3 Å². The Hall–Kier alpha value is -4.26. The van der Waals surface area contributed by atoms with Crippen molar-refractivity contribution in [2.45, 2.75) is 13.0 Å². The van der Waals surface area contributed by atoms with E-state index in [1.807, 2.05) is 37.3 Å². The molecule has 0 aliphatic rings. The molecule has 2 N–H and O–H groups in total. The SMILES string of the molecule is CC(c1ccccc1)n1c(O)c2ccc(C(=O)N=NC(=O)c3ccccc3)cc2c1O. The second kappa shape index (κ2) is 8.23. The van der Waals surface area contributed by atoms with Gasteiger partial charge in [-0.3, -0.25) is 14.2 Å². The Morgan fingerprint density at radius 2 is 1.29 bits per heavy atom. The summed E-state index contributed by atoms with van der Waals surface area (Å²) in [7, 11) is 0. The molecule has 4 rings (SSSR count). The van der Waals surface area contributed by atoms with Gasteiger partial charge in [0.25, 0.3) is 11.8 Å². The number of aromatic hydroxyl groups is 2. The van der Waals surface area contributed by atoms with Crippen LogP contribution in [0.3, 0.4) is 0 Å². The molecule has 1 heterocycles. The molecule has 0 aliphatic carbocycles. The van der Waals surface area contributed by atoms with Crippen molar-refractivity contribution < 1.29 is 19.8 Å². The van der Waals surface area contributed by atoms with Crippen LogP contribution in [0, 0.1) is 0 Å². The highest BCUT2D eigenvalue weighted by atomic mass is 16.3. The highest BCUT2D eigenvalue weighted by Crippen LogP contribution is 2.40. The van der Waals surface area contributed by atoms with E-state index in [4.69, 9.17) is 0 Å². The lowest BCUT2D eigenvalue weighted by Gasteiger charge is -2.16. The lowest BCUT2D eigenvalue weighted by molar-refractivity contribution is 0.0947. The van der Waals surface area contributed by atoms with Crippen LogP contribution in [0.5, 0.6) is 11.8 Å². The molecule has 7 heteroatoms. The minimum Gasteiger partial charge on any atom is -0.494 e. The second-order valence-electron chi connectivity index (χ2n) is 7.04. The third kappa shape index (κ3) is 3.81. The minimum absolute atomic E-state index is 0.108. The minimum atomic E-state index is -0.728. The number of benzene rings is 3. The Kier molecular flexibility index (Phi) is 5.32. The predicted octanol–water partition coefficient (Wildman–Crippen LogP) is 5.09. The van der Waals surface area contributed by atoms with Crippen molar-refractivity contribution in [3.8, 4) is 11.8 Å². The summed E-state index contributed by atoms with van der Waals surface area (Å²) < 4.78 is 1.40. The number of rotatable bonds is 4. The molecule has 0 radical (unpaired) electrons. The van der Waals surface area contributed by atoms with Gasteiger partial charge in [-0.05, 0) is 42.8 Å². The largest absolute Gasteiger partial charge is 0.494 e. The maximum atomic E-state index is 12.4. The van der Waals surface area contributed by atoms with Crippen LogP contribution in [0.15, 0.2) is 89.1 Å². The van der Waals surface area contributed by atoms with E-state index >= 15 is 0 Å². The Labute approximate surface area is 177 Å². The Balaban J connectivity index is 1.65. The Morgan fingerprint density at radius 3 is 1.94 bits per heavy atom. The van der Waals surface area contributed by atoms with Gasteiger partial charge in [-0.15, -0.1) is 10.2 Å². The first-order chi connectivity index (χ1) is 15.0. The number of fused-ring (bicyclic) bond motifs is 1. The zero-order chi connectivity index (χ0) is 22.0. The molecule has 0 saturated heterocycles. The summed E-state index contributed by atoms with van der Waals surface area (Å²) in [4.78, 5) is 24.4. The summed E-state index contributed by atoms with van der Waals surface area (Å²) in [5.41, 5.74) is 1.36. The topological polar surface area (TPSA) is 104 Å². The highest BCUT2D eigenvalue weighted by Gasteiger charge is 2.22. The summed E-state index contributed by atoms with van der Waals surface area (Å²) in [6.45, 7) is 1.85. The molecular formula is C24H19N3O4. The summed E-state index contributed by atoms with van der Waals surface area (Å²) >= 11 is 0. The first-order valence-corrected chi connectivity index (χ1v) is 9.63. The number of amides is 2. The summed E-state index contributed by atoms with van der Waals surface area (Å²) in [5.74, 6) is -1.63. The lowest BCUT2D eigenvalue weighted by atomic mass is 10.1. The molecule has 1 atom stereocenters. The van der Waals surface area contributed by atoms with Crippen molar-refractivity contribution in [3.05, 3.63) is 95.6 Å². The fourth-order valence-corrected chi connectivity index (χ4v) is 3.45. The van der Waals surface area contributed by atoms with Crippen molar-refractivity contribution in [1.82, 2.24) is 4.57 Å². The number of hydrogen-bond acceptors (Lipinski definition) is 4. The summed E-state index contributed by atoms with van der Waals surface area (Å²) in [6, 6.07) is 21.8. The number of nitrogens with zero attached hydrogens (tertiary/aromatic N) is 3. The number of aromatic nitrogens is 1. The van der Waals surface area contributed by atoms with E-state index in [2.05, 4.69) is 10.2 Å². The van der Waals surface area contributed by atoms with Crippen LogP contribution in [0.2, 0.25) is 0 Å². The van der Waals surface area contributed by atoms with Gasteiger partial charge in [0.05, 0.1) is 6.04 Å². The molecule has 7 nitrogen and oxygen atoms in total. The monoisotopic (exact) mass is 413 g/mol. The lowest BCUT2D eigenvalue weighted by Crippen LogP contribution is -2.05. The third-order valence-corrected chi connectivity index (χ3v) is 5.13. The first-order valence-electron chi connectivity index (χ1n) is 9.63. The Bertz CT molecular complexity index is 1290. The fraction of sp³-hybridized carbons (Fsp3) is 0.0833. The van der Waals surface area contributed by atoms with Crippen LogP contribution in [-0.2, 0) is 0 Å². The van der Waals surface area contributed by atoms with Crippen molar-refractivity contribution in [1.29, 1.82) is 0 Å². The van der Waals surface area contributed by atoms with E-state index < -0.39 is 11.8 Å². The Morgan fingerprint density at radius 1 is 0.742 bits per heavy atom. The fourth-order valence-electron chi connectivity index (χ4n) is 3.45. The third-order valence-electron chi connectivity index (χ3n) is 5.13. The average Bonchev–Trinajstić information content (AvgIpc) is 3.07. The number of azo groups is 1. The maximum absolute atomic E-state index is 12.4. The molecule has 2 amide bonds. The average molecular weight is 413 g/mol. The smallest absolute Gasteiger partial charge is 0.295 e. The summed E-state index contributed by atoms with van der Waals surface area (Å²) in [6.07, 6.45) is 0. The van der Waals surface area contributed by atoms with Crippen LogP contribution in [0.4, 0.5) is 0 Å². The molecule has 3 aromatic carbocycles. The van der Waals surface area contributed by atoms with Gasteiger partial charge >= 0.3 is 0 Å². The van der Waals surface area contributed by atoms with Crippen molar-refractivity contribution in [3.63, 3.8) is 0 Å². The molecule has 0 bridgehead atoms. The number of hydrogen-bond donors (Lipinski definition) is 2. The second-order valence-corrected chi connectivity index (χ2v) is 7.04.